The van der Waals surface area contributed by atoms with Gasteiger partial charge in [0, 0.05) is 5.38 Å². The third-order valence-electron chi connectivity index (χ3n) is 1.10. The summed E-state index contributed by atoms with van der Waals surface area (Å²) < 4.78 is 28.2. The van der Waals surface area contributed by atoms with Crippen LogP contribution in [-0.2, 0) is 4.74 Å². The van der Waals surface area contributed by atoms with Crippen LogP contribution >= 0.6 is 11.3 Å². The lowest BCUT2D eigenvalue weighted by atomic mass is 10.5. The van der Waals surface area contributed by atoms with Crippen LogP contribution in [0.1, 0.15) is 21.9 Å². The molecule has 0 radical (unpaired) electrons. The summed E-state index contributed by atoms with van der Waals surface area (Å²) in [5, 5.41) is 0.878. The molecule has 1 aromatic heterocycles. The highest BCUT2D eigenvalue weighted by Crippen LogP contribution is 2.22. The third-order valence-corrected chi connectivity index (χ3v) is 1.96. The van der Waals surface area contributed by atoms with Crippen LogP contribution in [0, 0.1) is 0 Å². The smallest absolute Gasteiger partial charge is 0.357 e. The van der Waals surface area contributed by atoms with Gasteiger partial charge in [0.15, 0.2) is 10.7 Å². The zero-order valence-electron chi connectivity index (χ0n) is 6.08. The van der Waals surface area contributed by atoms with E-state index in [-0.39, 0.29) is 10.7 Å². The fourth-order valence-corrected chi connectivity index (χ4v) is 1.22. The van der Waals surface area contributed by atoms with Gasteiger partial charge in [-0.25, -0.2) is 18.6 Å². The Morgan fingerprint density at radius 2 is 2.42 bits per heavy atom. The molecule has 0 saturated heterocycles. The predicted molar refractivity (Wildman–Crippen MR) is 38.4 cm³/mol. The fourth-order valence-electron chi connectivity index (χ4n) is 0.586. The molecule has 0 amide bonds. The number of thiazole rings is 1. The van der Waals surface area contributed by atoms with E-state index in [1.54, 1.807) is 0 Å². The van der Waals surface area contributed by atoms with E-state index in [0.29, 0.717) is 0 Å². The van der Waals surface area contributed by atoms with Crippen molar-refractivity contribution in [2.24, 2.45) is 0 Å². The summed E-state index contributed by atoms with van der Waals surface area (Å²) in [6, 6.07) is 0. The first kappa shape index (κ1) is 9.05. The zero-order valence-corrected chi connectivity index (χ0v) is 6.90. The van der Waals surface area contributed by atoms with Crippen LogP contribution in [0.5, 0.6) is 0 Å². The highest BCUT2D eigenvalue weighted by molar-refractivity contribution is 7.09. The van der Waals surface area contributed by atoms with Gasteiger partial charge in [-0.1, -0.05) is 0 Å². The molecule has 3 nitrogen and oxygen atoms in total. The molecule has 0 saturated carbocycles. The summed E-state index contributed by atoms with van der Waals surface area (Å²) in [7, 11) is 1.17. The Hall–Kier alpha value is -1.04. The molecule has 0 atom stereocenters. The number of alkyl halides is 2. The van der Waals surface area contributed by atoms with E-state index in [2.05, 4.69) is 9.72 Å². The second kappa shape index (κ2) is 3.57. The van der Waals surface area contributed by atoms with E-state index >= 15 is 0 Å². The molecule has 1 aromatic rings. The summed E-state index contributed by atoms with van der Waals surface area (Å²) in [6.45, 7) is 0. The van der Waals surface area contributed by atoms with Crippen LogP contribution in [-0.4, -0.2) is 18.1 Å². The lowest BCUT2D eigenvalue weighted by Gasteiger charge is -1.91. The van der Waals surface area contributed by atoms with Gasteiger partial charge in [-0.15, -0.1) is 11.3 Å². The minimum atomic E-state index is -2.63. The van der Waals surface area contributed by atoms with Crippen molar-refractivity contribution in [1.29, 1.82) is 0 Å². The second-order valence-corrected chi connectivity index (χ2v) is 2.75. The molecule has 0 unspecified atom stereocenters. The first-order valence-corrected chi connectivity index (χ1v) is 3.85. The average Bonchev–Trinajstić information content (AvgIpc) is 2.51. The van der Waals surface area contributed by atoms with Gasteiger partial charge >= 0.3 is 5.97 Å². The SMILES string of the molecule is COC(=O)c1csc(C(F)F)n1. The molecule has 0 aliphatic rings. The summed E-state index contributed by atoms with van der Waals surface area (Å²) in [5.74, 6) is -0.696. The minimum absolute atomic E-state index is 0.0715. The highest BCUT2D eigenvalue weighted by atomic mass is 32.1. The van der Waals surface area contributed by atoms with Crippen molar-refractivity contribution >= 4 is 17.3 Å². The maximum Gasteiger partial charge on any atom is 0.357 e. The van der Waals surface area contributed by atoms with Gasteiger partial charge < -0.3 is 4.74 Å². The summed E-state index contributed by atoms with van der Waals surface area (Å²) >= 11 is 0.739. The number of rotatable bonds is 2. The van der Waals surface area contributed by atoms with Gasteiger partial charge in [-0.2, -0.15) is 0 Å². The summed E-state index contributed by atoms with van der Waals surface area (Å²) in [4.78, 5) is 14.1. The summed E-state index contributed by atoms with van der Waals surface area (Å²) in [6.07, 6.45) is -2.63. The second-order valence-electron chi connectivity index (χ2n) is 1.86. The third kappa shape index (κ3) is 1.76. The molecule has 0 aliphatic heterocycles. The topological polar surface area (TPSA) is 39.2 Å². The van der Waals surface area contributed by atoms with Crippen LogP contribution in [0.25, 0.3) is 0 Å². The molecule has 0 aliphatic carbocycles. The molecule has 1 rings (SSSR count). The zero-order chi connectivity index (χ0) is 9.14. The Morgan fingerprint density at radius 3 is 2.83 bits per heavy atom. The number of nitrogens with zero attached hydrogens (tertiary/aromatic N) is 1. The normalized spacial score (nSPS) is 10.3. The summed E-state index contributed by atoms with van der Waals surface area (Å²) in [5.41, 5.74) is -0.0715. The molecule has 0 fully saturated rings. The molecule has 0 spiro atoms. The monoisotopic (exact) mass is 193 g/mol. The van der Waals surface area contributed by atoms with Crippen LogP contribution in [0.3, 0.4) is 0 Å². The maximum atomic E-state index is 11.9. The molecule has 0 bridgehead atoms. The molecular weight excluding hydrogens is 188 g/mol. The number of methoxy groups -OCH3 is 1. The molecule has 6 heteroatoms. The van der Waals surface area contributed by atoms with Crippen LogP contribution in [0.15, 0.2) is 5.38 Å². The van der Waals surface area contributed by atoms with Gasteiger partial charge in [0.25, 0.3) is 6.43 Å². The number of esters is 1. The van der Waals surface area contributed by atoms with Crippen molar-refractivity contribution in [3.8, 4) is 0 Å². The van der Waals surface area contributed by atoms with Gasteiger partial charge in [-0.05, 0) is 0 Å². The molecule has 12 heavy (non-hydrogen) atoms. The van der Waals surface area contributed by atoms with Crippen molar-refractivity contribution in [3.05, 3.63) is 16.1 Å². The van der Waals surface area contributed by atoms with Gasteiger partial charge in [-0.3, -0.25) is 0 Å². The lowest BCUT2D eigenvalue weighted by Crippen LogP contribution is -2.01. The van der Waals surface area contributed by atoms with E-state index < -0.39 is 12.4 Å². The number of halogens is 2. The van der Waals surface area contributed by atoms with E-state index in [0.717, 1.165) is 11.3 Å². The molecule has 0 N–H and O–H groups in total. The highest BCUT2D eigenvalue weighted by Gasteiger charge is 2.16. The number of hydrogen-bond acceptors (Lipinski definition) is 4. The van der Waals surface area contributed by atoms with Crippen molar-refractivity contribution < 1.29 is 18.3 Å². The molecule has 0 aromatic carbocycles. The Kier molecular flexibility index (Phi) is 2.69. The van der Waals surface area contributed by atoms with Gasteiger partial charge in [0.1, 0.15) is 0 Å². The number of ether oxygens (including phenoxy) is 1. The van der Waals surface area contributed by atoms with Crippen LogP contribution in [0.4, 0.5) is 8.78 Å². The van der Waals surface area contributed by atoms with Crippen molar-refractivity contribution in [3.63, 3.8) is 0 Å². The lowest BCUT2D eigenvalue weighted by molar-refractivity contribution is 0.0594. The number of carbonyl (C=O) groups excluding carboxylic acids is 1. The standard InChI is InChI=1S/C6H5F2NO2S/c1-11-6(10)3-2-12-5(9-3)4(7)8/h2,4H,1H3. The first-order valence-electron chi connectivity index (χ1n) is 2.97. The number of hydrogen-bond donors (Lipinski definition) is 0. The van der Waals surface area contributed by atoms with Crippen molar-refractivity contribution in [1.82, 2.24) is 4.98 Å². The molecule has 66 valence electrons. The average molecular weight is 193 g/mol. The van der Waals surface area contributed by atoms with Crippen molar-refractivity contribution in [2.75, 3.05) is 7.11 Å². The van der Waals surface area contributed by atoms with E-state index in [9.17, 15) is 13.6 Å². The quantitative estimate of drug-likeness (QED) is 0.673. The van der Waals surface area contributed by atoms with E-state index in [4.69, 9.17) is 0 Å². The predicted octanol–water partition coefficient (Wildman–Crippen LogP) is 1.87. The minimum Gasteiger partial charge on any atom is -0.464 e. The largest absolute Gasteiger partial charge is 0.464 e. The Balaban J connectivity index is 2.84. The van der Waals surface area contributed by atoms with Gasteiger partial charge in [0.05, 0.1) is 7.11 Å². The Morgan fingerprint density at radius 1 is 1.75 bits per heavy atom. The molecular formula is C6H5F2NO2S. The van der Waals surface area contributed by atoms with Crippen LogP contribution in [0.2, 0.25) is 0 Å². The first-order chi connectivity index (χ1) is 5.65. The Bertz CT molecular complexity index is 287. The fraction of sp³-hybridized carbons (Fsp3) is 0.333. The van der Waals surface area contributed by atoms with Gasteiger partial charge in [0.2, 0.25) is 0 Å². The van der Waals surface area contributed by atoms with Crippen molar-refractivity contribution in [2.45, 2.75) is 6.43 Å². The van der Waals surface area contributed by atoms with E-state index in [1.807, 2.05) is 0 Å². The molecule has 1 heterocycles. The van der Waals surface area contributed by atoms with Crippen LogP contribution < -0.4 is 0 Å². The van der Waals surface area contributed by atoms with E-state index in [1.165, 1.54) is 12.5 Å². The Labute approximate surface area is 71.0 Å². The number of aromatic nitrogens is 1. The number of carbonyl (C=O) groups is 1. The maximum absolute atomic E-state index is 11.9.